The molecular weight excluding hydrogens is 362 g/mol. The first kappa shape index (κ1) is 19.2. The Morgan fingerprint density at radius 1 is 1.03 bits per heavy atom. The highest BCUT2D eigenvalue weighted by atomic mass is 16.5. The number of Topliss-reactive ketones (excluding diaryl/α,β-unsaturated/α-hetero) is 1. The lowest BCUT2D eigenvalue weighted by atomic mass is 9.75. The van der Waals surface area contributed by atoms with Gasteiger partial charge in [-0.05, 0) is 30.9 Å². The maximum atomic E-state index is 13.1. The molecular formula is C25H25NO3. The molecule has 29 heavy (non-hydrogen) atoms. The largest absolute Gasteiger partial charge is 0.462 e. The lowest BCUT2D eigenvalue weighted by Gasteiger charge is -2.34. The molecule has 1 atom stereocenters. The molecule has 1 heterocycles. The number of nitrogens with one attached hydrogen (secondary N) is 1. The number of carbonyl (C=O) groups excluding carboxylic acids is 2. The van der Waals surface area contributed by atoms with Gasteiger partial charge in [0.15, 0.2) is 5.78 Å². The van der Waals surface area contributed by atoms with Crippen molar-refractivity contribution in [2.24, 2.45) is 0 Å². The van der Waals surface area contributed by atoms with Crippen LogP contribution in [0.25, 0.3) is 0 Å². The molecule has 2 aromatic carbocycles. The Morgan fingerprint density at radius 3 is 2.45 bits per heavy atom. The molecule has 1 aliphatic carbocycles. The second-order valence-corrected chi connectivity index (χ2v) is 7.55. The highest BCUT2D eigenvalue weighted by molar-refractivity contribution is 6.03. The summed E-state index contributed by atoms with van der Waals surface area (Å²) in [5, 5.41) is 3.33. The number of allylic oxidation sites excluding steroid dienone is 3. The van der Waals surface area contributed by atoms with Gasteiger partial charge in [-0.25, -0.2) is 4.79 Å². The molecule has 0 saturated carbocycles. The van der Waals surface area contributed by atoms with E-state index in [2.05, 4.69) is 5.32 Å². The number of esters is 1. The molecule has 4 rings (SSSR count). The van der Waals surface area contributed by atoms with Gasteiger partial charge in [-0.15, -0.1) is 0 Å². The van der Waals surface area contributed by atoms with Gasteiger partial charge in [0.25, 0.3) is 0 Å². The van der Waals surface area contributed by atoms with E-state index in [4.69, 9.17) is 4.74 Å². The summed E-state index contributed by atoms with van der Waals surface area (Å²) in [6.07, 6.45) is 2.86. The Morgan fingerprint density at radius 2 is 1.72 bits per heavy atom. The van der Waals surface area contributed by atoms with Crippen molar-refractivity contribution >= 4 is 11.8 Å². The molecule has 1 N–H and O–H groups in total. The summed E-state index contributed by atoms with van der Waals surface area (Å²) in [4.78, 5) is 25.9. The van der Waals surface area contributed by atoms with Crippen LogP contribution in [-0.4, -0.2) is 18.4 Å². The third-order valence-electron chi connectivity index (χ3n) is 5.60. The van der Waals surface area contributed by atoms with Crippen LogP contribution in [0.5, 0.6) is 0 Å². The second-order valence-electron chi connectivity index (χ2n) is 7.55. The average Bonchev–Trinajstić information content (AvgIpc) is 2.74. The topological polar surface area (TPSA) is 55.4 Å². The summed E-state index contributed by atoms with van der Waals surface area (Å²) in [7, 11) is 0. The van der Waals surface area contributed by atoms with Crippen LogP contribution in [0, 0.1) is 0 Å². The molecule has 0 bridgehead atoms. The van der Waals surface area contributed by atoms with Crippen LogP contribution in [0.4, 0.5) is 0 Å². The van der Waals surface area contributed by atoms with Gasteiger partial charge < -0.3 is 10.1 Å². The van der Waals surface area contributed by atoms with Gasteiger partial charge >= 0.3 is 5.97 Å². The normalized spacial score (nSPS) is 18.9. The number of ketones is 1. The number of hydrogen-bond acceptors (Lipinski definition) is 4. The zero-order valence-electron chi connectivity index (χ0n) is 16.6. The van der Waals surface area contributed by atoms with Crippen LogP contribution >= 0.6 is 0 Å². The molecule has 148 valence electrons. The van der Waals surface area contributed by atoms with E-state index >= 15 is 0 Å². The van der Waals surface area contributed by atoms with Crippen molar-refractivity contribution in [2.75, 3.05) is 6.61 Å². The second kappa shape index (κ2) is 8.48. The number of ether oxygens (including phenoxy) is 1. The first-order chi connectivity index (χ1) is 14.1. The van der Waals surface area contributed by atoms with E-state index in [1.165, 1.54) is 0 Å². The third-order valence-corrected chi connectivity index (χ3v) is 5.60. The van der Waals surface area contributed by atoms with E-state index in [9.17, 15) is 9.59 Å². The summed E-state index contributed by atoms with van der Waals surface area (Å²) in [6, 6.07) is 19.7. The fourth-order valence-electron chi connectivity index (χ4n) is 4.22. The van der Waals surface area contributed by atoms with Crippen molar-refractivity contribution in [3.05, 3.63) is 94.3 Å². The van der Waals surface area contributed by atoms with Crippen LogP contribution in [0.1, 0.15) is 43.2 Å². The molecule has 0 radical (unpaired) electrons. The molecule has 0 fully saturated rings. The van der Waals surface area contributed by atoms with Crippen molar-refractivity contribution in [1.29, 1.82) is 0 Å². The monoisotopic (exact) mass is 387 g/mol. The fraction of sp³-hybridized carbons (Fsp3) is 0.280. The summed E-state index contributed by atoms with van der Waals surface area (Å²) >= 11 is 0. The van der Waals surface area contributed by atoms with E-state index < -0.39 is 0 Å². The van der Waals surface area contributed by atoms with Crippen LogP contribution in [0.2, 0.25) is 0 Å². The Labute approximate surface area is 171 Å². The molecule has 2 aromatic rings. The Hall–Kier alpha value is -3.14. The van der Waals surface area contributed by atoms with Crippen LogP contribution in [0.15, 0.2) is 83.2 Å². The molecule has 0 saturated heterocycles. The van der Waals surface area contributed by atoms with Gasteiger partial charge in [-0.1, -0.05) is 60.7 Å². The van der Waals surface area contributed by atoms with Gasteiger partial charge in [-0.2, -0.15) is 0 Å². The molecule has 0 amide bonds. The minimum Gasteiger partial charge on any atom is -0.462 e. The van der Waals surface area contributed by atoms with Crippen molar-refractivity contribution < 1.29 is 14.3 Å². The SMILES string of the molecule is CC1=C(C(=O)OCCc2ccccc2)[C@@H](c2ccccc2)C2=C(CCCC2=O)N1. The fourth-order valence-corrected chi connectivity index (χ4v) is 4.22. The smallest absolute Gasteiger partial charge is 0.336 e. The van der Waals surface area contributed by atoms with Gasteiger partial charge in [0.2, 0.25) is 0 Å². The maximum absolute atomic E-state index is 13.1. The van der Waals surface area contributed by atoms with Crippen LogP contribution in [0.3, 0.4) is 0 Å². The van der Waals surface area contributed by atoms with Gasteiger partial charge in [-0.3, -0.25) is 4.79 Å². The number of rotatable bonds is 5. The Balaban J connectivity index is 1.61. The summed E-state index contributed by atoms with van der Waals surface area (Å²) in [6.45, 7) is 2.20. The number of carbonyl (C=O) groups is 2. The summed E-state index contributed by atoms with van der Waals surface area (Å²) in [5.74, 6) is -0.608. The van der Waals surface area contributed by atoms with E-state index in [1.807, 2.05) is 67.6 Å². The minimum atomic E-state index is -0.371. The molecule has 1 aliphatic heterocycles. The first-order valence-electron chi connectivity index (χ1n) is 10.1. The predicted molar refractivity (Wildman–Crippen MR) is 112 cm³/mol. The lowest BCUT2D eigenvalue weighted by molar-refractivity contribution is -0.139. The molecule has 0 spiro atoms. The Kier molecular flexibility index (Phi) is 5.61. The molecule has 0 unspecified atom stereocenters. The van der Waals surface area contributed by atoms with E-state index in [-0.39, 0.29) is 17.7 Å². The van der Waals surface area contributed by atoms with Crippen molar-refractivity contribution in [3.63, 3.8) is 0 Å². The molecule has 0 aromatic heterocycles. The molecule has 4 nitrogen and oxygen atoms in total. The summed E-state index contributed by atoms with van der Waals surface area (Å²) < 4.78 is 5.65. The predicted octanol–water partition coefficient (Wildman–Crippen LogP) is 4.44. The van der Waals surface area contributed by atoms with Crippen LogP contribution < -0.4 is 5.32 Å². The van der Waals surface area contributed by atoms with Crippen molar-refractivity contribution in [1.82, 2.24) is 5.32 Å². The standard InChI is InChI=1S/C25H25NO3/c1-17-22(25(28)29-16-15-18-9-4-2-5-10-18)23(19-11-6-3-7-12-19)24-20(26-17)13-8-14-21(24)27/h2-7,9-12,23,26H,8,13-16H2,1H3/t23-/m1/s1. The summed E-state index contributed by atoms with van der Waals surface area (Å²) in [5.41, 5.74) is 5.07. The van der Waals surface area contributed by atoms with Gasteiger partial charge in [0, 0.05) is 35.7 Å². The first-order valence-corrected chi connectivity index (χ1v) is 10.1. The average molecular weight is 387 g/mol. The third kappa shape index (κ3) is 4.02. The number of benzene rings is 2. The Bertz CT molecular complexity index is 974. The van der Waals surface area contributed by atoms with Crippen LogP contribution in [-0.2, 0) is 20.7 Å². The van der Waals surface area contributed by atoms with E-state index in [1.54, 1.807) is 0 Å². The van der Waals surface area contributed by atoms with Crippen molar-refractivity contribution in [2.45, 2.75) is 38.5 Å². The lowest BCUT2D eigenvalue weighted by Crippen LogP contribution is -2.34. The van der Waals surface area contributed by atoms with Crippen molar-refractivity contribution in [3.8, 4) is 0 Å². The van der Waals surface area contributed by atoms with Gasteiger partial charge in [0.1, 0.15) is 0 Å². The van der Waals surface area contributed by atoms with E-state index in [0.717, 1.165) is 40.9 Å². The zero-order valence-corrected chi connectivity index (χ0v) is 16.6. The molecule has 4 heteroatoms. The number of dihydropyridines is 1. The highest BCUT2D eigenvalue weighted by Crippen LogP contribution is 2.42. The maximum Gasteiger partial charge on any atom is 0.336 e. The number of hydrogen-bond donors (Lipinski definition) is 1. The zero-order chi connectivity index (χ0) is 20.2. The minimum absolute atomic E-state index is 0.120. The molecule has 2 aliphatic rings. The van der Waals surface area contributed by atoms with Gasteiger partial charge in [0.05, 0.1) is 12.2 Å². The quantitative estimate of drug-likeness (QED) is 0.771. The van der Waals surface area contributed by atoms with E-state index in [0.29, 0.717) is 25.0 Å². The highest BCUT2D eigenvalue weighted by Gasteiger charge is 2.38.